The first-order chi connectivity index (χ1) is 4.22. The Balaban J connectivity index is 0. The van der Waals surface area contributed by atoms with Crippen LogP contribution in [0.1, 0.15) is 6.92 Å². The molecule has 0 heterocycles. The van der Waals surface area contributed by atoms with Gasteiger partial charge in [-0.25, -0.2) is 9.18 Å². The number of carbonyl (C=O) groups is 1. The number of hydrogen-bond donors (Lipinski definition) is 1. The fourth-order valence-corrected chi connectivity index (χ4v) is 0.329. The Hall–Kier alpha value is -0.350. The second-order valence-electron chi connectivity index (χ2n) is 1.46. The van der Waals surface area contributed by atoms with Gasteiger partial charge >= 0.3 is 5.97 Å². The maximum atomic E-state index is 12.1. The fraction of sp³-hybridized carbons (Fsp3) is 0.800. The van der Waals surface area contributed by atoms with Crippen molar-refractivity contribution in [2.45, 2.75) is 13.1 Å². The molecule has 2 N–H and O–H groups in total. The largest absolute Gasteiger partial charge is 0.464 e. The number of alkyl halides is 1. The summed E-state index contributed by atoms with van der Waals surface area (Å²) in [7, 11) is 0. The van der Waals surface area contributed by atoms with Crippen molar-refractivity contribution >= 4 is 18.4 Å². The third kappa shape index (κ3) is 4.52. The van der Waals surface area contributed by atoms with Gasteiger partial charge in [-0.15, -0.1) is 12.4 Å². The van der Waals surface area contributed by atoms with Crippen LogP contribution in [0.5, 0.6) is 0 Å². The zero-order valence-corrected chi connectivity index (χ0v) is 6.49. The molecule has 3 nitrogen and oxygen atoms in total. The summed E-state index contributed by atoms with van der Waals surface area (Å²) in [5, 5.41) is 0. The van der Waals surface area contributed by atoms with Crippen LogP contribution in [0.2, 0.25) is 0 Å². The Morgan fingerprint density at radius 2 is 2.30 bits per heavy atom. The first-order valence-electron chi connectivity index (χ1n) is 2.73. The van der Waals surface area contributed by atoms with Crippen LogP contribution in [0.3, 0.4) is 0 Å². The molecule has 0 aliphatic heterocycles. The van der Waals surface area contributed by atoms with Crippen molar-refractivity contribution in [3.8, 4) is 0 Å². The number of ether oxygens (including phenoxy) is 1. The number of hydrogen-bond acceptors (Lipinski definition) is 3. The average molecular weight is 172 g/mol. The summed E-state index contributed by atoms with van der Waals surface area (Å²) >= 11 is 0. The van der Waals surface area contributed by atoms with Gasteiger partial charge in [0.2, 0.25) is 6.17 Å². The smallest absolute Gasteiger partial charge is 0.342 e. The van der Waals surface area contributed by atoms with Crippen LogP contribution < -0.4 is 5.73 Å². The Labute approximate surface area is 65.1 Å². The minimum atomic E-state index is -1.66. The number of halogens is 2. The number of esters is 1. The summed E-state index contributed by atoms with van der Waals surface area (Å²) in [5.41, 5.74) is 4.83. The van der Waals surface area contributed by atoms with Crippen LogP contribution in [0.15, 0.2) is 0 Å². The van der Waals surface area contributed by atoms with Gasteiger partial charge in [0, 0.05) is 6.54 Å². The van der Waals surface area contributed by atoms with E-state index >= 15 is 0 Å². The zero-order valence-electron chi connectivity index (χ0n) is 5.67. The minimum absolute atomic E-state index is 0. The van der Waals surface area contributed by atoms with Gasteiger partial charge in [0.15, 0.2) is 0 Å². The van der Waals surface area contributed by atoms with Crippen LogP contribution in [0.25, 0.3) is 0 Å². The molecule has 0 radical (unpaired) electrons. The summed E-state index contributed by atoms with van der Waals surface area (Å²) in [6, 6.07) is 0. The highest BCUT2D eigenvalue weighted by atomic mass is 35.5. The highest BCUT2D eigenvalue weighted by molar-refractivity contribution is 5.85. The Morgan fingerprint density at radius 3 is 2.60 bits per heavy atom. The van der Waals surface area contributed by atoms with Crippen molar-refractivity contribution in [1.82, 2.24) is 0 Å². The maximum Gasteiger partial charge on any atom is 0.342 e. The molecule has 0 aromatic rings. The highest BCUT2D eigenvalue weighted by Crippen LogP contribution is 1.90. The molecule has 0 aromatic heterocycles. The molecule has 5 heteroatoms. The molecule has 0 spiro atoms. The van der Waals surface area contributed by atoms with Crippen LogP contribution in [0.4, 0.5) is 4.39 Å². The van der Waals surface area contributed by atoms with Gasteiger partial charge in [0.1, 0.15) is 0 Å². The van der Waals surface area contributed by atoms with Crippen molar-refractivity contribution in [1.29, 1.82) is 0 Å². The van der Waals surface area contributed by atoms with Crippen LogP contribution >= 0.6 is 12.4 Å². The molecule has 0 aromatic carbocycles. The molecular formula is C5H11ClFNO2. The topological polar surface area (TPSA) is 52.3 Å². The quantitative estimate of drug-likeness (QED) is 0.621. The van der Waals surface area contributed by atoms with Gasteiger partial charge < -0.3 is 10.5 Å². The predicted octanol–water partition coefficient (Wildman–Crippen LogP) is 0.268. The molecule has 0 aliphatic carbocycles. The van der Waals surface area contributed by atoms with E-state index in [1.807, 2.05) is 0 Å². The number of nitrogens with two attached hydrogens (primary N) is 1. The molecule has 62 valence electrons. The summed E-state index contributed by atoms with van der Waals surface area (Å²) in [5.74, 6) is -0.875. The average Bonchev–Trinajstić information content (AvgIpc) is 1.87. The lowest BCUT2D eigenvalue weighted by molar-refractivity contribution is -0.148. The second-order valence-corrected chi connectivity index (χ2v) is 1.46. The number of carbonyl (C=O) groups excluding carboxylic acids is 1. The second kappa shape index (κ2) is 6.77. The summed E-state index contributed by atoms with van der Waals surface area (Å²) in [6.45, 7) is 1.50. The van der Waals surface area contributed by atoms with Crippen molar-refractivity contribution in [2.75, 3.05) is 13.2 Å². The normalized spacial score (nSPS) is 11.5. The molecule has 0 amide bonds. The Morgan fingerprint density at radius 1 is 1.80 bits per heavy atom. The van der Waals surface area contributed by atoms with E-state index in [1.165, 1.54) is 0 Å². The first-order valence-corrected chi connectivity index (χ1v) is 2.73. The molecule has 10 heavy (non-hydrogen) atoms. The number of rotatable bonds is 3. The molecule has 0 saturated heterocycles. The molecular weight excluding hydrogens is 161 g/mol. The van der Waals surface area contributed by atoms with Gasteiger partial charge in [-0.1, -0.05) is 0 Å². The zero-order chi connectivity index (χ0) is 7.28. The molecule has 1 atom stereocenters. The summed E-state index contributed by atoms with van der Waals surface area (Å²) < 4.78 is 16.4. The van der Waals surface area contributed by atoms with E-state index in [9.17, 15) is 9.18 Å². The van der Waals surface area contributed by atoms with E-state index in [0.29, 0.717) is 0 Å². The van der Waals surface area contributed by atoms with Gasteiger partial charge in [0.05, 0.1) is 6.61 Å². The van der Waals surface area contributed by atoms with Crippen LogP contribution in [0, 0.1) is 0 Å². The lowest BCUT2D eigenvalue weighted by Gasteiger charge is -2.02. The lowest BCUT2D eigenvalue weighted by Crippen LogP contribution is -2.26. The lowest BCUT2D eigenvalue weighted by atomic mass is 10.4. The molecule has 0 fully saturated rings. The van der Waals surface area contributed by atoms with Crippen molar-refractivity contribution in [3.05, 3.63) is 0 Å². The van der Waals surface area contributed by atoms with Crippen molar-refractivity contribution in [3.63, 3.8) is 0 Å². The predicted molar refractivity (Wildman–Crippen MR) is 37.8 cm³/mol. The third-order valence-electron chi connectivity index (χ3n) is 0.749. The van der Waals surface area contributed by atoms with Crippen molar-refractivity contribution < 1.29 is 13.9 Å². The first kappa shape index (κ1) is 12.3. The SMILES string of the molecule is CCOC(=O)C(F)CN.Cl. The van der Waals surface area contributed by atoms with E-state index in [1.54, 1.807) is 6.92 Å². The Kier molecular flexibility index (Phi) is 8.35. The third-order valence-corrected chi connectivity index (χ3v) is 0.749. The molecule has 0 bridgehead atoms. The van der Waals surface area contributed by atoms with Crippen molar-refractivity contribution in [2.24, 2.45) is 5.73 Å². The van der Waals surface area contributed by atoms with Gasteiger partial charge in [-0.05, 0) is 6.92 Å². The Bertz CT molecular complexity index is 102. The monoisotopic (exact) mass is 171 g/mol. The minimum Gasteiger partial charge on any atom is -0.464 e. The molecule has 0 saturated carbocycles. The summed E-state index contributed by atoms with van der Waals surface area (Å²) in [4.78, 5) is 10.3. The van der Waals surface area contributed by atoms with Gasteiger partial charge in [-0.3, -0.25) is 0 Å². The highest BCUT2D eigenvalue weighted by Gasteiger charge is 2.14. The van der Waals surface area contributed by atoms with E-state index in [4.69, 9.17) is 5.73 Å². The molecule has 0 aliphatic rings. The summed E-state index contributed by atoms with van der Waals surface area (Å²) in [6.07, 6.45) is -1.66. The molecule has 1 unspecified atom stereocenters. The molecule has 0 rings (SSSR count). The standard InChI is InChI=1S/C5H10FNO2.ClH/c1-2-9-5(8)4(6)3-7;/h4H,2-3,7H2,1H3;1H. The van der Waals surface area contributed by atoms with E-state index < -0.39 is 12.1 Å². The van der Waals surface area contributed by atoms with E-state index in [-0.39, 0.29) is 25.6 Å². The van der Waals surface area contributed by atoms with Crippen LogP contribution in [-0.4, -0.2) is 25.3 Å². The van der Waals surface area contributed by atoms with Gasteiger partial charge in [-0.2, -0.15) is 0 Å². The fourth-order valence-electron chi connectivity index (χ4n) is 0.329. The van der Waals surface area contributed by atoms with Crippen LogP contribution in [-0.2, 0) is 9.53 Å². The van der Waals surface area contributed by atoms with Gasteiger partial charge in [0.25, 0.3) is 0 Å². The van der Waals surface area contributed by atoms with E-state index in [2.05, 4.69) is 4.74 Å². The van der Waals surface area contributed by atoms with E-state index in [0.717, 1.165) is 0 Å². The maximum absolute atomic E-state index is 12.1.